The molecule has 1 unspecified atom stereocenters. The molecule has 2 aromatic rings. The second kappa shape index (κ2) is 9.36. The fourth-order valence-electron chi connectivity index (χ4n) is 3.11. The number of Topliss-reactive ketones (excluding diaryl/α,β-unsaturated/α-hetero) is 1. The number of benzene rings is 2. The van der Waals surface area contributed by atoms with E-state index >= 15 is 0 Å². The van der Waals surface area contributed by atoms with Gasteiger partial charge in [-0.2, -0.15) is 0 Å². The molecule has 0 radical (unpaired) electrons. The molecule has 3 rings (SSSR count). The lowest BCUT2D eigenvalue weighted by Gasteiger charge is -2.31. The molecule has 1 aliphatic rings. The third kappa shape index (κ3) is 5.68. The summed E-state index contributed by atoms with van der Waals surface area (Å²) in [7, 11) is 0. The van der Waals surface area contributed by atoms with Gasteiger partial charge >= 0.3 is 0 Å². The predicted octanol–water partition coefficient (Wildman–Crippen LogP) is 3.33. The van der Waals surface area contributed by atoms with Crippen molar-refractivity contribution < 1.29 is 14.3 Å². The highest BCUT2D eigenvalue weighted by Crippen LogP contribution is 2.18. The number of nitrogens with zero attached hydrogens (tertiary/aromatic N) is 1. The first kappa shape index (κ1) is 19.2. The molecule has 0 bridgehead atoms. The first-order chi connectivity index (χ1) is 13.1. The van der Waals surface area contributed by atoms with Gasteiger partial charge < -0.3 is 9.47 Å². The van der Waals surface area contributed by atoms with Crippen LogP contribution in [-0.2, 0) is 4.74 Å². The summed E-state index contributed by atoms with van der Waals surface area (Å²) < 4.78 is 11.7. The van der Waals surface area contributed by atoms with E-state index < -0.39 is 0 Å². The summed E-state index contributed by atoms with van der Waals surface area (Å²) in [6.45, 7) is 7.08. The molecule has 2 aromatic carbocycles. The van der Waals surface area contributed by atoms with E-state index in [1.54, 1.807) is 6.92 Å². The summed E-state index contributed by atoms with van der Waals surface area (Å²) in [6, 6.07) is 15.6. The molecule has 0 spiro atoms. The Bertz CT molecular complexity index is 836. The summed E-state index contributed by atoms with van der Waals surface area (Å²) in [4.78, 5) is 13.8. The molecule has 0 aromatic heterocycles. The van der Waals surface area contributed by atoms with Crippen molar-refractivity contribution >= 4 is 5.78 Å². The van der Waals surface area contributed by atoms with E-state index in [2.05, 4.69) is 16.7 Å². The summed E-state index contributed by atoms with van der Waals surface area (Å²) >= 11 is 0. The maximum atomic E-state index is 11.5. The number of morpholine rings is 1. The van der Waals surface area contributed by atoms with E-state index in [0.29, 0.717) is 13.2 Å². The average molecular weight is 363 g/mol. The van der Waals surface area contributed by atoms with Crippen LogP contribution in [0.1, 0.15) is 28.4 Å². The van der Waals surface area contributed by atoms with Crippen LogP contribution in [0.15, 0.2) is 48.5 Å². The lowest BCUT2D eigenvalue weighted by Crippen LogP contribution is -2.45. The maximum absolute atomic E-state index is 11.5. The number of ketones is 1. The Morgan fingerprint density at radius 3 is 2.81 bits per heavy atom. The summed E-state index contributed by atoms with van der Waals surface area (Å²) in [5.74, 6) is 7.27. The molecule has 1 heterocycles. The van der Waals surface area contributed by atoms with Crippen LogP contribution >= 0.6 is 0 Å². The number of hydrogen-bond donors (Lipinski definition) is 0. The van der Waals surface area contributed by atoms with Crippen molar-refractivity contribution in [2.45, 2.75) is 20.0 Å². The molecule has 4 nitrogen and oxygen atoms in total. The molecule has 0 amide bonds. The minimum absolute atomic E-state index is 0.0186. The van der Waals surface area contributed by atoms with Crippen LogP contribution in [-0.4, -0.2) is 49.6 Å². The second-order valence-electron chi connectivity index (χ2n) is 6.74. The molecule has 1 fully saturated rings. The number of ether oxygens (including phenoxy) is 2. The van der Waals surface area contributed by atoms with Gasteiger partial charge in [0, 0.05) is 24.2 Å². The smallest absolute Gasteiger partial charge is 0.160 e. The monoisotopic (exact) mass is 363 g/mol. The summed E-state index contributed by atoms with van der Waals surface area (Å²) in [5.41, 5.74) is 2.71. The fourth-order valence-corrected chi connectivity index (χ4v) is 3.11. The number of carbonyl (C=O) groups excluding carboxylic acids is 1. The van der Waals surface area contributed by atoms with Gasteiger partial charge in [-0.05, 0) is 49.7 Å². The van der Waals surface area contributed by atoms with Gasteiger partial charge in [0.25, 0.3) is 0 Å². The van der Waals surface area contributed by atoms with Crippen LogP contribution in [0.2, 0.25) is 0 Å². The minimum Gasteiger partial charge on any atom is -0.491 e. The van der Waals surface area contributed by atoms with Crippen LogP contribution in [0, 0.1) is 18.8 Å². The van der Waals surface area contributed by atoms with Crippen molar-refractivity contribution in [3.63, 3.8) is 0 Å². The van der Waals surface area contributed by atoms with Crippen LogP contribution in [0.25, 0.3) is 0 Å². The standard InChI is InChI=1S/C23H25NO3/c1-18-15-21(10-11-23(18)19(2)25)27-17-22-16-24(13-14-26-22)12-6-9-20-7-4-3-5-8-20/h3-5,7-8,10-11,15,22H,12-14,16-17H2,1-2H3. The number of aryl methyl sites for hydroxylation is 1. The lowest BCUT2D eigenvalue weighted by atomic mass is 10.1. The van der Waals surface area contributed by atoms with Crippen molar-refractivity contribution in [2.24, 2.45) is 0 Å². The first-order valence-corrected chi connectivity index (χ1v) is 9.24. The van der Waals surface area contributed by atoms with Gasteiger partial charge in [-0.25, -0.2) is 0 Å². The van der Waals surface area contributed by atoms with Gasteiger partial charge in [0.2, 0.25) is 0 Å². The first-order valence-electron chi connectivity index (χ1n) is 9.24. The van der Waals surface area contributed by atoms with Crippen molar-refractivity contribution in [1.29, 1.82) is 0 Å². The zero-order chi connectivity index (χ0) is 19.1. The highest BCUT2D eigenvalue weighted by Gasteiger charge is 2.20. The maximum Gasteiger partial charge on any atom is 0.160 e. The quantitative estimate of drug-likeness (QED) is 0.603. The lowest BCUT2D eigenvalue weighted by molar-refractivity contribution is -0.0440. The number of carbonyl (C=O) groups is 1. The van der Waals surface area contributed by atoms with E-state index in [0.717, 1.165) is 42.1 Å². The Hall–Kier alpha value is -2.61. The summed E-state index contributed by atoms with van der Waals surface area (Å²) in [5, 5.41) is 0. The van der Waals surface area contributed by atoms with Gasteiger partial charge in [-0.1, -0.05) is 30.0 Å². The van der Waals surface area contributed by atoms with Crippen molar-refractivity contribution in [2.75, 3.05) is 32.8 Å². The second-order valence-corrected chi connectivity index (χ2v) is 6.74. The van der Waals surface area contributed by atoms with Gasteiger partial charge in [-0.3, -0.25) is 9.69 Å². The molecule has 27 heavy (non-hydrogen) atoms. The van der Waals surface area contributed by atoms with Crippen LogP contribution < -0.4 is 4.74 Å². The van der Waals surface area contributed by atoms with Crippen LogP contribution in [0.5, 0.6) is 5.75 Å². The SMILES string of the molecule is CC(=O)c1ccc(OCC2CN(CC#Cc3ccccc3)CCO2)cc1C. The molecular formula is C23H25NO3. The molecule has 1 atom stereocenters. The molecule has 0 saturated carbocycles. The minimum atomic E-state index is 0.0186. The number of rotatable bonds is 5. The molecule has 1 aliphatic heterocycles. The largest absolute Gasteiger partial charge is 0.491 e. The summed E-state index contributed by atoms with van der Waals surface area (Å²) in [6.07, 6.45) is 0.0186. The Morgan fingerprint density at radius 1 is 1.26 bits per heavy atom. The molecule has 140 valence electrons. The van der Waals surface area contributed by atoms with Crippen molar-refractivity contribution in [1.82, 2.24) is 4.90 Å². The highest BCUT2D eigenvalue weighted by molar-refractivity contribution is 5.95. The fraction of sp³-hybridized carbons (Fsp3) is 0.348. The van der Waals surface area contributed by atoms with E-state index in [1.165, 1.54) is 0 Å². The van der Waals surface area contributed by atoms with Gasteiger partial charge in [0.15, 0.2) is 5.78 Å². The van der Waals surface area contributed by atoms with Crippen LogP contribution in [0.3, 0.4) is 0 Å². The molecule has 1 saturated heterocycles. The third-order valence-electron chi connectivity index (χ3n) is 4.55. The van der Waals surface area contributed by atoms with Crippen LogP contribution in [0.4, 0.5) is 0 Å². The van der Waals surface area contributed by atoms with E-state index in [1.807, 2.05) is 55.5 Å². The Kier molecular flexibility index (Phi) is 6.64. The van der Waals surface area contributed by atoms with E-state index in [-0.39, 0.29) is 11.9 Å². The van der Waals surface area contributed by atoms with Gasteiger partial charge in [0.05, 0.1) is 13.2 Å². The van der Waals surface area contributed by atoms with Crippen molar-refractivity contribution in [3.8, 4) is 17.6 Å². The third-order valence-corrected chi connectivity index (χ3v) is 4.55. The molecular weight excluding hydrogens is 338 g/mol. The van der Waals surface area contributed by atoms with E-state index in [9.17, 15) is 4.79 Å². The Balaban J connectivity index is 1.49. The average Bonchev–Trinajstić information content (AvgIpc) is 2.67. The molecule has 0 aliphatic carbocycles. The van der Waals surface area contributed by atoms with Gasteiger partial charge in [-0.15, -0.1) is 0 Å². The van der Waals surface area contributed by atoms with Gasteiger partial charge in [0.1, 0.15) is 18.5 Å². The molecule has 0 N–H and O–H groups in total. The predicted molar refractivity (Wildman–Crippen MR) is 106 cm³/mol. The van der Waals surface area contributed by atoms with Crippen molar-refractivity contribution in [3.05, 3.63) is 65.2 Å². The van der Waals surface area contributed by atoms with E-state index in [4.69, 9.17) is 9.47 Å². The normalized spacial score (nSPS) is 17.0. The highest BCUT2D eigenvalue weighted by atomic mass is 16.5. The Morgan fingerprint density at radius 2 is 2.07 bits per heavy atom. The Labute approximate surface area is 161 Å². The topological polar surface area (TPSA) is 38.8 Å². The number of hydrogen-bond acceptors (Lipinski definition) is 4. The molecule has 4 heteroatoms. The zero-order valence-corrected chi connectivity index (χ0v) is 15.9. The zero-order valence-electron chi connectivity index (χ0n) is 15.9.